The molecule has 0 saturated heterocycles. The molecule has 7 heteroatoms. The van der Waals surface area contributed by atoms with Crippen molar-refractivity contribution in [3.05, 3.63) is 78.9 Å². The maximum atomic E-state index is 13.0. The first-order chi connectivity index (χ1) is 13.5. The fourth-order valence-corrected chi connectivity index (χ4v) is 4.43. The van der Waals surface area contributed by atoms with Gasteiger partial charge in [0.05, 0.1) is 35.4 Å². The predicted octanol–water partition coefficient (Wildman–Crippen LogP) is 4.14. The van der Waals surface area contributed by atoms with Gasteiger partial charge in [-0.25, -0.2) is 13.4 Å². The van der Waals surface area contributed by atoms with Gasteiger partial charge in [-0.15, -0.1) is 0 Å². The van der Waals surface area contributed by atoms with Gasteiger partial charge in [-0.1, -0.05) is 36.4 Å². The van der Waals surface area contributed by atoms with E-state index in [4.69, 9.17) is 4.74 Å². The minimum atomic E-state index is -3.76. The largest absolute Gasteiger partial charge is 0.494 e. The van der Waals surface area contributed by atoms with Crippen LogP contribution in [0, 0.1) is 6.92 Å². The molecule has 4 aromatic rings. The first kappa shape index (κ1) is 18.1. The number of nitrogens with one attached hydrogen (secondary N) is 1. The first-order valence-corrected chi connectivity index (χ1v) is 10.2. The highest BCUT2D eigenvalue weighted by molar-refractivity contribution is 7.93. The minimum absolute atomic E-state index is 0.235. The zero-order chi connectivity index (χ0) is 19.7. The van der Waals surface area contributed by atoms with Crippen LogP contribution in [0.15, 0.2) is 78.1 Å². The summed E-state index contributed by atoms with van der Waals surface area (Å²) in [6.07, 6.45) is 3.56. The minimum Gasteiger partial charge on any atom is -0.494 e. The van der Waals surface area contributed by atoms with Crippen LogP contribution in [0.3, 0.4) is 0 Å². The molecule has 142 valence electrons. The summed E-state index contributed by atoms with van der Waals surface area (Å²) in [6, 6.07) is 17.8. The van der Waals surface area contributed by atoms with Gasteiger partial charge in [-0.2, -0.15) is 0 Å². The number of hydrogen-bond donors (Lipinski definition) is 1. The highest BCUT2D eigenvalue weighted by Crippen LogP contribution is 2.29. The van der Waals surface area contributed by atoms with Crippen LogP contribution in [0.2, 0.25) is 0 Å². The molecule has 0 bridgehead atoms. The van der Waals surface area contributed by atoms with Gasteiger partial charge in [0, 0.05) is 17.6 Å². The Hall–Kier alpha value is -3.32. The molecule has 0 atom stereocenters. The molecule has 0 unspecified atom stereocenters. The number of fused-ring (bicyclic) bond motifs is 1. The van der Waals surface area contributed by atoms with Crippen LogP contribution in [-0.4, -0.2) is 25.1 Å². The van der Waals surface area contributed by atoms with E-state index in [-0.39, 0.29) is 4.90 Å². The normalized spacial score (nSPS) is 11.5. The summed E-state index contributed by atoms with van der Waals surface area (Å²) >= 11 is 0. The number of imidazole rings is 1. The summed E-state index contributed by atoms with van der Waals surface area (Å²) in [7, 11) is -2.22. The van der Waals surface area contributed by atoms with E-state index in [9.17, 15) is 8.42 Å². The van der Waals surface area contributed by atoms with Gasteiger partial charge in [-0.3, -0.25) is 4.72 Å². The van der Waals surface area contributed by atoms with Crippen molar-refractivity contribution in [2.24, 2.45) is 0 Å². The molecule has 0 radical (unpaired) electrons. The first-order valence-electron chi connectivity index (χ1n) is 8.67. The van der Waals surface area contributed by atoms with Gasteiger partial charge in [-0.05, 0) is 30.5 Å². The number of aromatic nitrogens is 2. The number of anilines is 1. The van der Waals surface area contributed by atoms with Gasteiger partial charge < -0.3 is 9.30 Å². The van der Waals surface area contributed by atoms with Crippen molar-refractivity contribution in [1.82, 2.24) is 9.55 Å². The lowest BCUT2D eigenvalue weighted by Crippen LogP contribution is -2.13. The summed E-state index contributed by atoms with van der Waals surface area (Å²) in [5, 5.41) is 1.55. The molecule has 0 aliphatic heterocycles. The van der Waals surface area contributed by atoms with Crippen LogP contribution in [-0.2, 0) is 10.0 Å². The molecular formula is C21H19N3O3S. The third-order valence-corrected chi connectivity index (χ3v) is 5.90. The van der Waals surface area contributed by atoms with Gasteiger partial charge in [0.1, 0.15) is 5.75 Å². The highest BCUT2D eigenvalue weighted by atomic mass is 32.2. The molecule has 0 aliphatic carbocycles. The maximum absolute atomic E-state index is 13.0. The number of hydrogen-bond acceptors (Lipinski definition) is 4. The zero-order valence-electron chi connectivity index (χ0n) is 15.5. The lowest BCUT2D eigenvalue weighted by molar-refractivity contribution is 0.413. The van der Waals surface area contributed by atoms with E-state index < -0.39 is 10.0 Å². The Morgan fingerprint density at radius 2 is 1.82 bits per heavy atom. The molecule has 1 heterocycles. The molecule has 6 nitrogen and oxygen atoms in total. The maximum Gasteiger partial charge on any atom is 0.262 e. The van der Waals surface area contributed by atoms with Gasteiger partial charge in [0.15, 0.2) is 0 Å². The third-order valence-electron chi connectivity index (χ3n) is 4.46. The Morgan fingerprint density at radius 1 is 1.04 bits per heavy atom. The average molecular weight is 393 g/mol. The van der Waals surface area contributed by atoms with Crippen LogP contribution in [0.4, 0.5) is 5.69 Å². The second-order valence-corrected chi connectivity index (χ2v) is 8.04. The fourth-order valence-electron chi connectivity index (χ4n) is 3.15. The average Bonchev–Trinajstić information content (AvgIpc) is 3.13. The molecule has 0 spiro atoms. The second-order valence-electron chi connectivity index (χ2n) is 6.39. The lowest BCUT2D eigenvalue weighted by atomic mass is 10.1. The highest BCUT2D eigenvalue weighted by Gasteiger charge is 2.18. The Kier molecular flexibility index (Phi) is 4.52. The van der Waals surface area contributed by atoms with E-state index in [0.29, 0.717) is 16.8 Å². The van der Waals surface area contributed by atoms with Crippen LogP contribution < -0.4 is 9.46 Å². The Balaban J connectivity index is 1.72. The van der Waals surface area contributed by atoms with Crippen LogP contribution >= 0.6 is 0 Å². The summed E-state index contributed by atoms with van der Waals surface area (Å²) in [5.74, 6) is 0.538. The van der Waals surface area contributed by atoms with E-state index in [1.54, 1.807) is 49.8 Å². The number of benzene rings is 3. The van der Waals surface area contributed by atoms with Crippen molar-refractivity contribution in [2.45, 2.75) is 11.8 Å². The molecule has 28 heavy (non-hydrogen) atoms. The third kappa shape index (κ3) is 3.32. The Labute approximate surface area is 163 Å². The van der Waals surface area contributed by atoms with Crippen LogP contribution in [0.5, 0.6) is 5.75 Å². The SMILES string of the molecule is COc1cc(NS(=O)(=O)c2cccc3ccccc23)ccc1-n1cnc(C)c1. The fraction of sp³-hybridized carbons (Fsp3) is 0.0952. The van der Waals surface area contributed by atoms with Crippen LogP contribution in [0.1, 0.15) is 5.69 Å². The number of nitrogens with zero attached hydrogens (tertiary/aromatic N) is 2. The predicted molar refractivity (Wildman–Crippen MR) is 110 cm³/mol. The quantitative estimate of drug-likeness (QED) is 0.553. The molecular weight excluding hydrogens is 374 g/mol. The standard InChI is InChI=1S/C21H19N3O3S/c1-15-13-24(14-22-15)19-11-10-17(12-20(19)27-2)23-28(25,26)21-9-5-7-16-6-3-4-8-18(16)21/h3-14,23H,1-2H3. The van der Waals surface area contributed by atoms with E-state index in [1.807, 2.05) is 42.0 Å². The number of aryl methyl sites for hydroxylation is 1. The molecule has 0 amide bonds. The van der Waals surface area contributed by atoms with Crippen molar-refractivity contribution in [3.63, 3.8) is 0 Å². The summed E-state index contributed by atoms with van der Waals surface area (Å²) in [5.41, 5.74) is 2.07. The van der Waals surface area contributed by atoms with E-state index in [2.05, 4.69) is 9.71 Å². The van der Waals surface area contributed by atoms with Crippen molar-refractivity contribution in [3.8, 4) is 11.4 Å². The zero-order valence-corrected chi connectivity index (χ0v) is 16.3. The molecule has 0 fully saturated rings. The van der Waals surface area contributed by atoms with Gasteiger partial charge >= 0.3 is 0 Å². The number of sulfonamides is 1. The molecule has 0 saturated carbocycles. The molecule has 0 aliphatic rings. The van der Waals surface area contributed by atoms with Gasteiger partial charge in [0.2, 0.25) is 0 Å². The van der Waals surface area contributed by atoms with E-state index in [0.717, 1.165) is 16.8 Å². The van der Waals surface area contributed by atoms with Crippen molar-refractivity contribution >= 4 is 26.5 Å². The number of methoxy groups -OCH3 is 1. The lowest BCUT2D eigenvalue weighted by Gasteiger charge is -2.14. The van der Waals surface area contributed by atoms with E-state index in [1.165, 1.54) is 0 Å². The smallest absolute Gasteiger partial charge is 0.262 e. The van der Waals surface area contributed by atoms with Crippen molar-refractivity contribution in [1.29, 1.82) is 0 Å². The molecule has 4 rings (SSSR count). The second kappa shape index (κ2) is 7.01. The molecule has 1 aromatic heterocycles. The molecule has 3 aromatic carbocycles. The van der Waals surface area contributed by atoms with Crippen LogP contribution in [0.25, 0.3) is 16.5 Å². The summed E-state index contributed by atoms with van der Waals surface area (Å²) < 4.78 is 36.0. The number of rotatable bonds is 5. The van der Waals surface area contributed by atoms with Crippen molar-refractivity contribution in [2.75, 3.05) is 11.8 Å². The summed E-state index contributed by atoms with van der Waals surface area (Å²) in [4.78, 5) is 4.45. The van der Waals surface area contributed by atoms with E-state index >= 15 is 0 Å². The monoisotopic (exact) mass is 393 g/mol. The van der Waals surface area contributed by atoms with Crippen molar-refractivity contribution < 1.29 is 13.2 Å². The Morgan fingerprint density at radius 3 is 2.57 bits per heavy atom. The summed E-state index contributed by atoms with van der Waals surface area (Å²) in [6.45, 7) is 1.90. The van der Waals surface area contributed by atoms with Gasteiger partial charge in [0.25, 0.3) is 10.0 Å². The number of ether oxygens (including phenoxy) is 1. The Bertz CT molecular complexity index is 1260. The topological polar surface area (TPSA) is 73.2 Å². The molecule has 1 N–H and O–H groups in total.